The minimum atomic E-state index is -0.430. The normalized spacial score (nSPS) is 13.0. The molecule has 0 heterocycles. The van der Waals surface area contributed by atoms with E-state index in [2.05, 4.69) is 10.2 Å². The second kappa shape index (κ2) is 5.83. The van der Waals surface area contributed by atoms with Crippen LogP contribution in [0.15, 0.2) is 0 Å². The first-order valence-electron chi connectivity index (χ1n) is 4.27. The predicted octanol–water partition coefficient (Wildman–Crippen LogP) is 0.385. The summed E-state index contributed by atoms with van der Waals surface area (Å²) in [6.07, 6.45) is 1.88. The van der Waals surface area contributed by atoms with Gasteiger partial charge in [0.05, 0.1) is 0 Å². The van der Waals surface area contributed by atoms with Crippen LogP contribution in [0.2, 0.25) is 0 Å². The Morgan fingerprint density at radius 1 is 1.58 bits per heavy atom. The molecule has 0 bridgehead atoms. The van der Waals surface area contributed by atoms with E-state index in [-0.39, 0.29) is 6.04 Å². The van der Waals surface area contributed by atoms with Crippen molar-refractivity contribution in [3.8, 4) is 0 Å². The van der Waals surface area contributed by atoms with Crippen molar-refractivity contribution < 1.29 is 4.79 Å². The van der Waals surface area contributed by atoms with Crippen LogP contribution in [0, 0.1) is 0 Å². The van der Waals surface area contributed by atoms with Crippen molar-refractivity contribution in [2.24, 2.45) is 5.73 Å². The molecule has 0 radical (unpaired) electrons. The van der Waals surface area contributed by atoms with Gasteiger partial charge in [-0.15, -0.1) is 0 Å². The van der Waals surface area contributed by atoms with Gasteiger partial charge >= 0.3 is 6.03 Å². The second-order valence-electron chi connectivity index (χ2n) is 3.21. The number of hydrogen-bond acceptors (Lipinski definition) is 2. The van der Waals surface area contributed by atoms with Gasteiger partial charge in [0.2, 0.25) is 0 Å². The molecule has 0 aliphatic heterocycles. The number of primary amides is 1. The van der Waals surface area contributed by atoms with Crippen molar-refractivity contribution in [1.82, 2.24) is 10.2 Å². The highest BCUT2D eigenvalue weighted by molar-refractivity contribution is 5.71. The molecule has 2 amide bonds. The highest BCUT2D eigenvalue weighted by atomic mass is 16.2. The number of amides is 2. The average molecular weight is 173 g/mol. The van der Waals surface area contributed by atoms with Crippen LogP contribution in [0.25, 0.3) is 0 Å². The molecule has 0 aromatic carbocycles. The third kappa shape index (κ3) is 5.97. The Balaban J connectivity index is 3.60. The van der Waals surface area contributed by atoms with Crippen molar-refractivity contribution in [3.63, 3.8) is 0 Å². The highest BCUT2D eigenvalue weighted by Gasteiger charge is 2.07. The topological polar surface area (TPSA) is 58.4 Å². The van der Waals surface area contributed by atoms with E-state index in [1.807, 2.05) is 21.0 Å². The second-order valence-corrected chi connectivity index (χ2v) is 3.21. The van der Waals surface area contributed by atoms with Crippen molar-refractivity contribution in [2.45, 2.75) is 25.8 Å². The van der Waals surface area contributed by atoms with Gasteiger partial charge in [-0.25, -0.2) is 4.79 Å². The Kier molecular flexibility index (Phi) is 5.45. The number of nitrogens with one attached hydrogen (secondary N) is 1. The van der Waals surface area contributed by atoms with Crippen LogP contribution in [0.1, 0.15) is 19.8 Å². The lowest BCUT2D eigenvalue weighted by molar-refractivity contribution is 0.242. The Labute approximate surface area is 74.1 Å². The Hall–Kier alpha value is -0.770. The molecular weight excluding hydrogens is 154 g/mol. The highest BCUT2D eigenvalue weighted by Crippen LogP contribution is 1.97. The van der Waals surface area contributed by atoms with Crippen LogP contribution in [0.3, 0.4) is 0 Å². The van der Waals surface area contributed by atoms with E-state index in [1.54, 1.807) is 0 Å². The lowest BCUT2D eigenvalue weighted by atomic mass is 10.1. The molecule has 0 aromatic rings. The molecule has 1 unspecified atom stereocenters. The van der Waals surface area contributed by atoms with Gasteiger partial charge in [-0.05, 0) is 33.5 Å². The fraction of sp³-hybridized carbons (Fsp3) is 0.875. The van der Waals surface area contributed by atoms with E-state index < -0.39 is 6.03 Å². The summed E-state index contributed by atoms with van der Waals surface area (Å²) in [5.74, 6) is 0. The van der Waals surface area contributed by atoms with Gasteiger partial charge in [0.15, 0.2) is 0 Å². The van der Waals surface area contributed by atoms with Gasteiger partial charge in [-0.2, -0.15) is 0 Å². The number of nitrogens with zero attached hydrogens (tertiary/aromatic N) is 1. The maximum atomic E-state index is 10.5. The molecule has 0 fully saturated rings. The third-order valence-corrected chi connectivity index (χ3v) is 1.76. The van der Waals surface area contributed by atoms with E-state index in [4.69, 9.17) is 5.73 Å². The van der Waals surface area contributed by atoms with Crippen molar-refractivity contribution in [3.05, 3.63) is 0 Å². The maximum Gasteiger partial charge on any atom is 0.312 e. The summed E-state index contributed by atoms with van der Waals surface area (Å²) in [6, 6.07) is -0.217. The van der Waals surface area contributed by atoms with Gasteiger partial charge in [0.1, 0.15) is 0 Å². The molecule has 0 spiro atoms. The van der Waals surface area contributed by atoms with Crippen LogP contribution in [-0.2, 0) is 0 Å². The summed E-state index contributed by atoms with van der Waals surface area (Å²) in [7, 11) is 4.02. The van der Waals surface area contributed by atoms with Gasteiger partial charge < -0.3 is 16.0 Å². The average Bonchev–Trinajstić information content (AvgIpc) is 1.97. The number of carbonyl (C=O) groups is 1. The summed E-state index contributed by atoms with van der Waals surface area (Å²) in [4.78, 5) is 12.6. The number of urea groups is 1. The van der Waals surface area contributed by atoms with Crippen LogP contribution in [0.4, 0.5) is 4.79 Å². The van der Waals surface area contributed by atoms with E-state index in [0.29, 0.717) is 0 Å². The largest absolute Gasteiger partial charge is 0.352 e. The minimum absolute atomic E-state index is 0.213. The van der Waals surface area contributed by atoms with E-state index in [1.165, 1.54) is 0 Å². The van der Waals surface area contributed by atoms with E-state index in [9.17, 15) is 4.79 Å². The lowest BCUT2D eigenvalue weighted by Crippen LogP contribution is -2.39. The molecule has 1 atom stereocenters. The number of carbonyl (C=O) groups excluding carboxylic acids is 1. The van der Waals surface area contributed by atoms with Gasteiger partial charge in [-0.1, -0.05) is 6.92 Å². The first kappa shape index (κ1) is 11.2. The molecule has 12 heavy (non-hydrogen) atoms. The third-order valence-electron chi connectivity index (χ3n) is 1.76. The summed E-state index contributed by atoms with van der Waals surface area (Å²) >= 11 is 0. The molecule has 0 saturated carbocycles. The standard InChI is InChI=1S/C8H19N3O/c1-4-7(10-8(9)12)5-6-11(2)3/h7H,4-6H2,1-3H3,(H3,9,10,12). The number of nitrogens with two attached hydrogens (primary N) is 1. The SMILES string of the molecule is CCC(CCN(C)C)NC(N)=O. The predicted molar refractivity (Wildman–Crippen MR) is 50.0 cm³/mol. The molecule has 0 aliphatic carbocycles. The Morgan fingerprint density at radius 2 is 2.17 bits per heavy atom. The van der Waals surface area contributed by atoms with E-state index >= 15 is 0 Å². The zero-order valence-electron chi connectivity index (χ0n) is 8.13. The van der Waals surface area contributed by atoms with Gasteiger partial charge in [0.25, 0.3) is 0 Å². The van der Waals surface area contributed by atoms with Crippen molar-refractivity contribution in [1.29, 1.82) is 0 Å². The van der Waals surface area contributed by atoms with Crippen molar-refractivity contribution >= 4 is 6.03 Å². The monoisotopic (exact) mass is 173 g/mol. The van der Waals surface area contributed by atoms with Crippen LogP contribution < -0.4 is 11.1 Å². The van der Waals surface area contributed by atoms with E-state index in [0.717, 1.165) is 19.4 Å². The maximum absolute atomic E-state index is 10.5. The van der Waals surface area contributed by atoms with Crippen LogP contribution >= 0.6 is 0 Å². The molecule has 0 aromatic heterocycles. The van der Waals surface area contributed by atoms with Crippen LogP contribution in [0.5, 0.6) is 0 Å². The smallest absolute Gasteiger partial charge is 0.312 e. The summed E-state index contributed by atoms with van der Waals surface area (Å²) in [5.41, 5.74) is 5.01. The van der Waals surface area contributed by atoms with Gasteiger partial charge in [0, 0.05) is 6.04 Å². The fourth-order valence-electron chi connectivity index (χ4n) is 0.994. The zero-order valence-corrected chi connectivity index (χ0v) is 8.13. The molecule has 4 nitrogen and oxygen atoms in total. The van der Waals surface area contributed by atoms with Crippen molar-refractivity contribution in [2.75, 3.05) is 20.6 Å². The first-order chi connectivity index (χ1) is 5.56. The number of rotatable bonds is 5. The molecular formula is C8H19N3O. The molecule has 4 heteroatoms. The van der Waals surface area contributed by atoms with Crippen LogP contribution in [-0.4, -0.2) is 37.6 Å². The fourth-order valence-corrected chi connectivity index (χ4v) is 0.994. The quantitative estimate of drug-likeness (QED) is 0.631. The molecule has 3 N–H and O–H groups in total. The Bertz CT molecular complexity index is 136. The summed E-state index contributed by atoms with van der Waals surface area (Å²) in [6.45, 7) is 3.01. The summed E-state index contributed by atoms with van der Waals surface area (Å²) < 4.78 is 0. The molecule has 0 rings (SSSR count). The molecule has 72 valence electrons. The minimum Gasteiger partial charge on any atom is -0.352 e. The molecule has 0 saturated heterocycles. The Morgan fingerprint density at radius 3 is 2.50 bits per heavy atom. The number of hydrogen-bond donors (Lipinski definition) is 2. The first-order valence-corrected chi connectivity index (χ1v) is 4.27. The summed E-state index contributed by atoms with van der Waals surface area (Å²) in [5, 5.41) is 2.70. The zero-order chi connectivity index (χ0) is 9.56. The molecule has 0 aliphatic rings. The lowest BCUT2D eigenvalue weighted by Gasteiger charge is -2.17. The van der Waals surface area contributed by atoms with Gasteiger partial charge in [-0.3, -0.25) is 0 Å².